The van der Waals surface area contributed by atoms with E-state index in [1.807, 2.05) is 0 Å². The average Bonchev–Trinajstić information content (AvgIpc) is 2.93. The highest BCUT2D eigenvalue weighted by atomic mass is 35.5. The first-order chi connectivity index (χ1) is 11.1. The maximum atomic E-state index is 11.8. The summed E-state index contributed by atoms with van der Waals surface area (Å²) in [6.45, 7) is 0.0883. The summed E-state index contributed by atoms with van der Waals surface area (Å²) < 4.78 is 5.66. The van der Waals surface area contributed by atoms with Crippen LogP contribution in [0.15, 0.2) is 36.4 Å². The summed E-state index contributed by atoms with van der Waals surface area (Å²) in [6.07, 6.45) is 0. The molecule has 0 bridgehead atoms. The zero-order chi connectivity index (χ0) is 16.4. The van der Waals surface area contributed by atoms with Crippen LogP contribution in [0.1, 0.15) is 5.56 Å². The van der Waals surface area contributed by atoms with Gasteiger partial charge in [0, 0.05) is 16.7 Å². The van der Waals surface area contributed by atoms with E-state index in [1.54, 1.807) is 24.3 Å². The number of nitrogens with one attached hydrogen (secondary N) is 3. The van der Waals surface area contributed by atoms with Crippen molar-refractivity contribution in [2.45, 2.75) is 6.61 Å². The number of amides is 2. The number of urea groups is 1. The number of carbonyl (C=O) groups excluding carboxylic acids is 1. The Morgan fingerprint density at radius 2 is 2.00 bits per heavy atom. The molecule has 1 aliphatic rings. The van der Waals surface area contributed by atoms with Crippen molar-refractivity contribution in [2.24, 2.45) is 0 Å². The van der Waals surface area contributed by atoms with Crippen LogP contribution in [0.5, 0.6) is 11.5 Å². The lowest BCUT2D eigenvalue weighted by atomic mass is 10.2. The van der Waals surface area contributed by atoms with Crippen LogP contribution in [0.3, 0.4) is 0 Å². The largest absolute Gasteiger partial charge is 0.508 e. The molecule has 9 heteroatoms. The first kappa shape index (κ1) is 15.7. The summed E-state index contributed by atoms with van der Waals surface area (Å²) in [7, 11) is 0. The molecular weight excluding hydrogens is 343 g/mol. The van der Waals surface area contributed by atoms with Crippen LogP contribution < -0.4 is 26.2 Å². The first-order valence-corrected chi connectivity index (χ1v) is 7.31. The lowest BCUT2D eigenvalue weighted by molar-refractivity contribution is 0.250. The predicted molar refractivity (Wildman–Crippen MR) is 86.2 cm³/mol. The molecule has 4 N–H and O–H groups in total. The topological polar surface area (TPSA) is 85.9 Å². The van der Waals surface area contributed by atoms with E-state index >= 15 is 0 Å². The monoisotopic (exact) mass is 354 g/mol. The molecule has 1 saturated heterocycles. The Labute approximate surface area is 141 Å². The van der Waals surface area contributed by atoms with Crippen molar-refractivity contribution in [2.75, 3.05) is 5.01 Å². The molecule has 0 unspecified atom stereocenters. The number of hydrazine groups is 3. The fraction of sp³-hybridized carbons (Fsp3) is 0.0714. The van der Waals surface area contributed by atoms with Gasteiger partial charge in [-0.25, -0.2) is 9.80 Å². The van der Waals surface area contributed by atoms with Gasteiger partial charge < -0.3 is 9.84 Å². The van der Waals surface area contributed by atoms with E-state index in [1.165, 1.54) is 17.1 Å². The van der Waals surface area contributed by atoms with Gasteiger partial charge in [-0.3, -0.25) is 5.43 Å². The number of benzene rings is 2. The maximum Gasteiger partial charge on any atom is 0.353 e. The normalized spacial score (nSPS) is 14.0. The quantitative estimate of drug-likeness (QED) is 0.678. The fourth-order valence-electron chi connectivity index (χ4n) is 2.07. The van der Waals surface area contributed by atoms with Gasteiger partial charge in [0.2, 0.25) is 0 Å². The van der Waals surface area contributed by atoms with Crippen molar-refractivity contribution in [1.82, 2.24) is 16.5 Å². The first-order valence-electron chi connectivity index (χ1n) is 6.55. The maximum absolute atomic E-state index is 11.8. The number of phenolic OH excluding ortho intramolecular Hbond substituents is 1. The molecular formula is C14H12Cl2N4O3. The van der Waals surface area contributed by atoms with Crippen molar-refractivity contribution in [3.8, 4) is 11.5 Å². The number of hydrogen-bond donors (Lipinski definition) is 4. The Hall–Kier alpha value is -2.19. The third-order valence-corrected chi connectivity index (χ3v) is 3.81. The fourth-order valence-corrected chi connectivity index (χ4v) is 2.52. The summed E-state index contributed by atoms with van der Waals surface area (Å²) in [4.78, 5) is 11.8. The summed E-state index contributed by atoms with van der Waals surface area (Å²) in [5.74, 6) is 0.442. The summed E-state index contributed by atoms with van der Waals surface area (Å²) in [6, 6.07) is 9.17. The highest BCUT2D eigenvalue weighted by Gasteiger charge is 2.24. The second kappa shape index (κ2) is 6.51. The minimum absolute atomic E-state index is 0.0461. The van der Waals surface area contributed by atoms with Gasteiger partial charge in [0.15, 0.2) is 0 Å². The molecule has 2 aromatic carbocycles. The second-order valence-corrected chi connectivity index (χ2v) is 5.46. The van der Waals surface area contributed by atoms with Gasteiger partial charge in [0.1, 0.15) is 18.1 Å². The number of hydrogen-bond acceptors (Lipinski definition) is 5. The number of phenols is 1. The van der Waals surface area contributed by atoms with E-state index in [-0.39, 0.29) is 23.4 Å². The van der Waals surface area contributed by atoms with Gasteiger partial charge in [-0.2, -0.15) is 0 Å². The van der Waals surface area contributed by atoms with E-state index in [2.05, 4.69) is 16.5 Å². The number of ether oxygens (including phenoxy) is 1. The SMILES string of the molecule is O=C1NNNN1c1cccc(Cl)c1COc1ccc(O)cc1Cl. The molecule has 0 radical (unpaired) electrons. The van der Waals surface area contributed by atoms with Gasteiger partial charge in [0.25, 0.3) is 0 Å². The smallest absolute Gasteiger partial charge is 0.353 e. The van der Waals surface area contributed by atoms with Gasteiger partial charge >= 0.3 is 6.03 Å². The highest BCUT2D eigenvalue weighted by molar-refractivity contribution is 6.32. The van der Waals surface area contributed by atoms with Crippen LogP contribution in [0.4, 0.5) is 10.5 Å². The minimum atomic E-state index is -0.379. The number of halogens is 2. The molecule has 0 aromatic heterocycles. The van der Waals surface area contributed by atoms with Crippen molar-refractivity contribution >= 4 is 34.9 Å². The van der Waals surface area contributed by atoms with Gasteiger partial charge in [-0.1, -0.05) is 29.3 Å². The standard InChI is InChI=1S/C14H12Cl2N4O3/c15-10-2-1-3-12(20-14(22)17-18-19-20)9(10)7-23-13-5-4-8(21)6-11(13)16/h1-6,18-19,21H,7H2,(H,17,22). The van der Waals surface area contributed by atoms with Crippen molar-refractivity contribution in [3.63, 3.8) is 0 Å². The molecule has 2 amide bonds. The summed E-state index contributed by atoms with van der Waals surface area (Å²) in [5.41, 5.74) is 8.69. The van der Waals surface area contributed by atoms with Crippen molar-refractivity contribution in [1.29, 1.82) is 0 Å². The minimum Gasteiger partial charge on any atom is -0.508 e. The Bertz CT molecular complexity index is 757. The zero-order valence-electron chi connectivity index (χ0n) is 11.6. The van der Waals surface area contributed by atoms with Crippen LogP contribution in [-0.2, 0) is 6.61 Å². The summed E-state index contributed by atoms with van der Waals surface area (Å²) >= 11 is 12.2. The molecule has 0 atom stereocenters. The number of carbonyl (C=O) groups is 1. The third kappa shape index (κ3) is 3.27. The van der Waals surface area contributed by atoms with E-state index in [0.29, 0.717) is 22.0 Å². The Kier molecular flexibility index (Phi) is 4.44. The molecule has 1 aliphatic heterocycles. The molecule has 23 heavy (non-hydrogen) atoms. The van der Waals surface area contributed by atoms with E-state index in [0.717, 1.165) is 0 Å². The molecule has 2 aromatic rings. The van der Waals surface area contributed by atoms with Crippen LogP contribution in [-0.4, -0.2) is 11.1 Å². The Balaban J connectivity index is 1.86. The van der Waals surface area contributed by atoms with E-state index in [9.17, 15) is 9.90 Å². The lowest BCUT2D eigenvalue weighted by Crippen LogP contribution is -2.38. The number of aromatic hydroxyl groups is 1. The van der Waals surface area contributed by atoms with Crippen molar-refractivity contribution in [3.05, 3.63) is 52.0 Å². The van der Waals surface area contributed by atoms with Gasteiger partial charge in [-0.05, 0) is 24.3 Å². The zero-order valence-corrected chi connectivity index (χ0v) is 13.1. The predicted octanol–water partition coefficient (Wildman–Crippen LogP) is 2.73. The van der Waals surface area contributed by atoms with Gasteiger partial charge in [-0.15, -0.1) is 11.1 Å². The van der Waals surface area contributed by atoms with Crippen LogP contribution in [0.2, 0.25) is 10.0 Å². The number of anilines is 1. The molecule has 0 aliphatic carbocycles. The van der Waals surface area contributed by atoms with Crippen LogP contribution in [0.25, 0.3) is 0 Å². The number of rotatable bonds is 4. The molecule has 1 fully saturated rings. The lowest BCUT2D eigenvalue weighted by Gasteiger charge is -2.19. The van der Waals surface area contributed by atoms with E-state index in [4.69, 9.17) is 27.9 Å². The Morgan fingerprint density at radius 3 is 2.70 bits per heavy atom. The molecule has 0 saturated carbocycles. The van der Waals surface area contributed by atoms with Crippen LogP contribution >= 0.6 is 23.2 Å². The van der Waals surface area contributed by atoms with E-state index < -0.39 is 0 Å². The molecule has 0 spiro atoms. The molecule has 120 valence electrons. The third-order valence-electron chi connectivity index (χ3n) is 3.16. The molecule has 3 rings (SSSR count). The summed E-state index contributed by atoms with van der Waals surface area (Å²) in [5, 5.41) is 11.3. The second-order valence-electron chi connectivity index (χ2n) is 4.64. The van der Waals surface area contributed by atoms with Crippen LogP contribution in [0, 0.1) is 0 Å². The Morgan fingerprint density at radius 1 is 1.17 bits per heavy atom. The average molecular weight is 355 g/mol. The molecule has 1 heterocycles. The highest BCUT2D eigenvalue weighted by Crippen LogP contribution is 2.32. The van der Waals surface area contributed by atoms with Crippen molar-refractivity contribution < 1.29 is 14.6 Å². The van der Waals surface area contributed by atoms with Gasteiger partial charge in [0.05, 0.1) is 10.7 Å². The number of nitrogens with zero attached hydrogens (tertiary/aromatic N) is 1. The molecule has 7 nitrogen and oxygen atoms in total.